The van der Waals surface area contributed by atoms with E-state index in [-0.39, 0.29) is 11.5 Å². The minimum Gasteiger partial charge on any atom is -0.496 e. The van der Waals surface area contributed by atoms with Crippen molar-refractivity contribution in [3.05, 3.63) is 76.3 Å². The molecule has 0 aliphatic heterocycles. The monoisotopic (exact) mass is 376 g/mol. The lowest BCUT2D eigenvalue weighted by Gasteiger charge is -2.09. The minimum absolute atomic E-state index is 0.190. The normalized spacial score (nSPS) is 11.1. The fourth-order valence-electron chi connectivity index (χ4n) is 3.35. The van der Waals surface area contributed by atoms with E-state index in [4.69, 9.17) is 4.74 Å². The number of ether oxygens (including phenoxy) is 1. The first-order valence-electron chi connectivity index (χ1n) is 8.97. The Labute approximate surface area is 161 Å². The summed E-state index contributed by atoms with van der Waals surface area (Å²) in [6.45, 7) is 0.453. The van der Waals surface area contributed by atoms with E-state index in [2.05, 4.69) is 10.3 Å². The molecule has 1 N–H and O–H groups in total. The largest absolute Gasteiger partial charge is 0.496 e. The van der Waals surface area contributed by atoms with Gasteiger partial charge in [0.2, 0.25) is 0 Å². The molecule has 0 spiro atoms. The Bertz CT molecular complexity index is 1240. The van der Waals surface area contributed by atoms with Gasteiger partial charge in [-0.05, 0) is 36.2 Å². The molecule has 0 saturated carbocycles. The second kappa shape index (κ2) is 7.19. The van der Waals surface area contributed by atoms with Crippen LogP contribution >= 0.6 is 0 Å². The van der Waals surface area contributed by atoms with Gasteiger partial charge < -0.3 is 14.6 Å². The predicted molar refractivity (Wildman–Crippen MR) is 107 cm³/mol. The Morgan fingerprint density at radius 1 is 1.18 bits per heavy atom. The van der Waals surface area contributed by atoms with Crippen LogP contribution in [-0.4, -0.2) is 33.5 Å². The van der Waals surface area contributed by atoms with Gasteiger partial charge in [0, 0.05) is 19.8 Å². The molecule has 0 bridgehead atoms. The van der Waals surface area contributed by atoms with E-state index in [0.29, 0.717) is 35.3 Å². The number of amides is 1. The van der Waals surface area contributed by atoms with Gasteiger partial charge in [-0.15, -0.1) is 0 Å². The van der Waals surface area contributed by atoms with Crippen LogP contribution in [0.3, 0.4) is 0 Å². The summed E-state index contributed by atoms with van der Waals surface area (Å²) < 4.78 is 8.47. The molecule has 0 aliphatic carbocycles. The first-order valence-corrected chi connectivity index (χ1v) is 8.97. The predicted octanol–water partition coefficient (Wildman–Crippen LogP) is 2.17. The van der Waals surface area contributed by atoms with Crippen LogP contribution in [0, 0.1) is 0 Å². The molecule has 7 heteroatoms. The van der Waals surface area contributed by atoms with E-state index in [1.54, 1.807) is 43.1 Å². The zero-order valence-corrected chi connectivity index (χ0v) is 15.7. The number of nitrogens with one attached hydrogen (secondary N) is 1. The Hall–Kier alpha value is -3.61. The van der Waals surface area contributed by atoms with E-state index in [1.165, 1.54) is 4.40 Å². The number of hydrogen-bond acceptors (Lipinski definition) is 4. The van der Waals surface area contributed by atoms with Crippen LogP contribution in [0.5, 0.6) is 5.75 Å². The van der Waals surface area contributed by atoms with Gasteiger partial charge in [-0.3, -0.25) is 14.0 Å². The molecule has 0 atom stereocenters. The van der Waals surface area contributed by atoms with Crippen LogP contribution in [0.15, 0.2) is 59.5 Å². The highest BCUT2D eigenvalue weighted by atomic mass is 16.5. The van der Waals surface area contributed by atoms with Gasteiger partial charge in [0.1, 0.15) is 22.7 Å². The average Bonchev–Trinajstić information content (AvgIpc) is 3.05. The molecule has 1 aromatic carbocycles. The van der Waals surface area contributed by atoms with E-state index < -0.39 is 0 Å². The van der Waals surface area contributed by atoms with Crippen LogP contribution in [0.4, 0.5) is 0 Å². The number of methoxy groups -OCH3 is 1. The van der Waals surface area contributed by atoms with Crippen LogP contribution in [0.25, 0.3) is 16.7 Å². The molecule has 0 saturated heterocycles. The lowest BCUT2D eigenvalue weighted by atomic mass is 10.1. The quantitative estimate of drug-likeness (QED) is 0.579. The lowest BCUT2D eigenvalue weighted by Crippen LogP contribution is -2.27. The third-order valence-electron chi connectivity index (χ3n) is 4.81. The summed E-state index contributed by atoms with van der Waals surface area (Å²) in [7, 11) is 3.37. The van der Waals surface area contributed by atoms with E-state index >= 15 is 0 Å². The third kappa shape index (κ3) is 3.00. The van der Waals surface area contributed by atoms with Crippen molar-refractivity contribution < 1.29 is 9.53 Å². The van der Waals surface area contributed by atoms with E-state index in [9.17, 15) is 9.59 Å². The van der Waals surface area contributed by atoms with Crippen molar-refractivity contribution >= 4 is 22.6 Å². The minimum atomic E-state index is -0.246. The fraction of sp³-hybridized carbons (Fsp3) is 0.190. The first kappa shape index (κ1) is 17.8. The number of carbonyl (C=O) groups excluding carboxylic acids is 1. The molecule has 3 heterocycles. The van der Waals surface area contributed by atoms with E-state index in [0.717, 1.165) is 11.3 Å². The van der Waals surface area contributed by atoms with Gasteiger partial charge >= 0.3 is 0 Å². The SMILES string of the molecule is COc1ccccc1CCNC(=O)c1cc2c(=O)n3ccccc3nc2n1C. The van der Waals surface area contributed by atoms with Crippen molar-refractivity contribution in [3.8, 4) is 5.75 Å². The molecule has 142 valence electrons. The first-order chi connectivity index (χ1) is 13.6. The van der Waals surface area contributed by atoms with Crippen LogP contribution < -0.4 is 15.6 Å². The number of para-hydroxylation sites is 1. The second-order valence-corrected chi connectivity index (χ2v) is 6.49. The summed E-state index contributed by atoms with van der Waals surface area (Å²) >= 11 is 0. The standard InChI is InChI=1S/C21H20N4O3/c1-24-16(20(26)22-11-10-14-7-3-4-8-17(14)28-2)13-15-19(24)23-18-9-5-6-12-25(18)21(15)27/h3-9,12-13H,10-11H2,1-2H3,(H,22,26). The number of nitrogens with zero attached hydrogens (tertiary/aromatic N) is 3. The molecule has 4 rings (SSSR count). The number of carbonyl (C=O) groups is 1. The lowest BCUT2D eigenvalue weighted by molar-refractivity contribution is 0.0946. The molecular formula is C21H20N4O3. The number of aromatic nitrogens is 3. The molecule has 28 heavy (non-hydrogen) atoms. The molecule has 7 nitrogen and oxygen atoms in total. The van der Waals surface area contributed by atoms with Crippen LogP contribution in [0.1, 0.15) is 16.1 Å². The number of fused-ring (bicyclic) bond motifs is 2. The van der Waals surface area contributed by atoms with Gasteiger partial charge in [0.15, 0.2) is 0 Å². The zero-order chi connectivity index (χ0) is 19.7. The summed E-state index contributed by atoms with van der Waals surface area (Å²) in [6.07, 6.45) is 2.31. The Kier molecular flexibility index (Phi) is 4.57. The van der Waals surface area contributed by atoms with Gasteiger partial charge in [-0.1, -0.05) is 24.3 Å². The Morgan fingerprint density at radius 2 is 1.96 bits per heavy atom. The summed E-state index contributed by atoms with van der Waals surface area (Å²) in [5.41, 5.74) is 2.27. The fourth-order valence-corrected chi connectivity index (χ4v) is 3.35. The molecular weight excluding hydrogens is 356 g/mol. The maximum Gasteiger partial charge on any atom is 0.267 e. The second-order valence-electron chi connectivity index (χ2n) is 6.49. The van der Waals surface area contributed by atoms with Crippen molar-refractivity contribution in [3.63, 3.8) is 0 Å². The number of benzene rings is 1. The molecule has 0 fully saturated rings. The van der Waals surface area contributed by atoms with E-state index in [1.807, 2.05) is 30.3 Å². The maximum absolute atomic E-state index is 12.7. The molecule has 0 radical (unpaired) electrons. The van der Waals surface area contributed by atoms with Crippen molar-refractivity contribution in [2.24, 2.45) is 7.05 Å². The highest BCUT2D eigenvalue weighted by Gasteiger charge is 2.17. The van der Waals surface area contributed by atoms with Gasteiger partial charge in [-0.25, -0.2) is 4.98 Å². The number of rotatable bonds is 5. The summed E-state index contributed by atoms with van der Waals surface area (Å²) in [5, 5.41) is 3.33. The highest BCUT2D eigenvalue weighted by Crippen LogP contribution is 2.18. The van der Waals surface area contributed by atoms with Gasteiger partial charge in [0.05, 0.1) is 12.5 Å². The maximum atomic E-state index is 12.7. The van der Waals surface area contributed by atoms with Crippen molar-refractivity contribution in [2.45, 2.75) is 6.42 Å². The van der Waals surface area contributed by atoms with Crippen molar-refractivity contribution in [1.29, 1.82) is 0 Å². The molecule has 0 aliphatic rings. The summed E-state index contributed by atoms with van der Waals surface area (Å²) in [6, 6.07) is 14.7. The molecule has 1 amide bonds. The number of pyridine rings is 1. The molecule has 4 aromatic rings. The summed E-state index contributed by atoms with van der Waals surface area (Å²) in [4.78, 5) is 29.9. The third-order valence-corrected chi connectivity index (χ3v) is 4.81. The smallest absolute Gasteiger partial charge is 0.267 e. The Morgan fingerprint density at radius 3 is 2.79 bits per heavy atom. The average molecular weight is 376 g/mol. The van der Waals surface area contributed by atoms with Gasteiger partial charge in [-0.2, -0.15) is 0 Å². The summed E-state index contributed by atoms with van der Waals surface area (Å²) in [5.74, 6) is 0.550. The number of hydrogen-bond donors (Lipinski definition) is 1. The molecule has 3 aromatic heterocycles. The topological polar surface area (TPSA) is 77.6 Å². The zero-order valence-electron chi connectivity index (χ0n) is 15.7. The molecule has 0 unspecified atom stereocenters. The highest BCUT2D eigenvalue weighted by molar-refractivity contribution is 5.98. The Balaban J connectivity index is 1.59. The van der Waals surface area contributed by atoms with Crippen molar-refractivity contribution in [2.75, 3.05) is 13.7 Å². The van der Waals surface area contributed by atoms with Gasteiger partial charge in [0.25, 0.3) is 11.5 Å². The van der Waals surface area contributed by atoms with Crippen molar-refractivity contribution in [1.82, 2.24) is 19.3 Å². The van der Waals surface area contributed by atoms with Crippen LogP contribution in [0.2, 0.25) is 0 Å². The van der Waals surface area contributed by atoms with Crippen LogP contribution in [-0.2, 0) is 13.5 Å². The number of aryl methyl sites for hydroxylation is 1.